The van der Waals surface area contributed by atoms with Crippen molar-refractivity contribution in [3.8, 4) is 5.75 Å². The molecule has 3 rings (SSSR count). The predicted molar refractivity (Wildman–Crippen MR) is 81.8 cm³/mol. The van der Waals surface area contributed by atoms with E-state index in [1.165, 1.54) is 0 Å². The van der Waals surface area contributed by atoms with E-state index >= 15 is 0 Å². The fourth-order valence-electron chi connectivity index (χ4n) is 4.14. The smallest absolute Gasteiger partial charge is 0.307 e. The maximum atomic E-state index is 12.6. The molecular formula is C17H21NO4. The van der Waals surface area contributed by atoms with Crippen molar-refractivity contribution in [2.75, 3.05) is 12.4 Å². The normalized spacial score (nSPS) is 29.4. The molecule has 0 saturated heterocycles. The number of carbonyl (C=O) groups excluding carboxylic acids is 1. The van der Waals surface area contributed by atoms with Crippen LogP contribution in [0.1, 0.15) is 24.8 Å². The molecule has 0 radical (unpaired) electrons. The number of benzene rings is 1. The van der Waals surface area contributed by atoms with E-state index in [2.05, 4.69) is 5.32 Å². The standard InChI is InChI=1S/C17H21NO4/c1-9-7-12(22-2)5-6-13(9)18-16(19)14-10-3-4-11(8-10)15(14)17(20)21/h5-7,10-11,14-15H,3-4,8H2,1-2H3,(H,18,19)(H,20,21)/t10-,11-,14+,15-/m0/s1. The summed E-state index contributed by atoms with van der Waals surface area (Å²) in [5, 5.41) is 12.4. The Balaban J connectivity index is 1.78. The van der Waals surface area contributed by atoms with E-state index in [0.717, 1.165) is 36.3 Å². The van der Waals surface area contributed by atoms with Gasteiger partial charge in [0.2, 0.25) is 5.91 Å². The molecule has 0 aliphatic heterocycles. The fourth-order valence-corrected chi connectivity index (χ4v) is 4.14. The molecule has 0 heterocycles. The van der Waals surface area contributed by atoms with Gasteiger partial charge in [-0.3, -0.25) is 9.59 Å². The number of anilines is 1. The fraction of sp³-hybridized carbons (Fsp3) is 0.529. The molecule has 22 heavy (non-hydrogen) atoms. The van der Waals surface area contributed by atoms with Gasteiger partial charge in [-0.15, -0.1) is 0 Å². The number of aliphatic carboxylic acids is 1. The lowest BCUT2D eigenvalue weighted by molar-refractivity contribution is -0.148. The summed E-state index contributed by atoms with van der Waals surface area (Å²) >= 11 is 0. The number of fused-ring (bicyclic) bond motifs is 2. The molecule has 5 heteroatoms. The van der Waals surface area contributed by atoms with Crippen LogP contribution < -0.4 is 10.1 Å². The third-order valence-electron chi connectivity index (χ3n) is 5.20. The third-order valence-corrected chi connectivity index (χ3v) is 5.20. The zero-order valence-electron chi connectivity index (χ0n) is 12.8. The van der Waals surface area contributed by atoms with Crippen molar-refractivity contribution in [2.45, 2.75) is 26.2 Å². The molecule has 0 spiro atoms. The predicted octanol–water partition coefficient (Wildman–Crippen LogP) is 2.69. The van der Waals surface area contributed by atoms with Gasteiger partial charge >= 0.3 is 5.97 Å². The van der Waals surface area contributed by atoms with Crippen molar-refractivity contribution in [3.05, 3.63) is 23.8 Å². The minimum atomic E-state index is -0.834. The number of amides is 1. The summed E-state index contributed by atoms with van der Waals surface area (Å²) in [6.45, 7) is 1.90. The maximum Gasteiger partial charge on any atom is 0.307 e. The van der Waals surface area contributed by atoms with Crippen molar-refractivity contribution in [3.63, 3.8) is 0 Å². The van der Waals surface area contributed by atoms with E-state index in [9.17, 15) is 14.7 Å². The molecule has 1 amide bonds. The van der Waals surface area contributed by atoms with Gasteiger partial charge in [0.25, 0.3) is 0 Å². The summed E-state index contributed by atoms with van der Waals surface area (Å²) in [4.78, 5) is 24.1. The van der Waals surface area contributed by atoms with Crippen LogP contribution in [0.2, 0.25) is 0 Å². The average Bonchev–Trinajstić information content (AvgIpc) is 3.09. The van der Waals surface area contributed by atoms with Gasteiger partial charge in [0.05, 0.1) is 18.9 Å². The van der Waals surface area contributed by atoms with Gasteiger partial charge in [-0.05, 0) is 61.8 Å². The lowest BCUT2D eigenvalue weighted by atomic mass is 9.78. The Labute approximate surface area is 129 Å². The second-order valence-corrected chi connectivity index (χ2v) is 6.39. The quantitative estimate of drug-likeness (QED) is 0.896. The number of carboxylic acids is 1. The average molecular weight is 303 g/mol. The molecule has 2 N–H and O–H groups in total. The summed E-state index contributed by atoms with van der Waals surface area (Å²) in [6.07, 6.45) is 2.78. The number of nitrogens with one attached hydrogen (secondary N) is 1. The number of carbonyl (C=O) groups is 2. The number of aryl methyl sites for hydroxylation is 1. The van der Waals surface area contributed by atoms with Crippen molar-refractivity contribution < 1.29 is 19.4 Å². The monoisotopic (exact) mass is 303 g/mol. The molecule has 4 atom stereocenters. The number of hydrogen-bond donors (Lipinski definition) is 2. The summed E-state index contributed by atoms with van der Waals surface area (Å²) < 4.78 is 5.15. The molecule has 2 fully saturated rings. The van der Waals surface area contributed by atoms with Gasteiger partial charge in [0, 0.05) is 5.69 Å². The van der Waals surface area contributed by atoms with Gasteiger partial charge in [-0.25, -0.2) is 0 Å². The van der Waals surface area contributed by atoms with Gasteiger partial charge in [-0.1, -0.05) is 0 Å². The van der Waals surface area contributed by atoms with Crippen LogP contribution in [0.3, 0.4) is 0 Å². The van der Waals surface area contributed by atoms with Crippen LogP contribution in [-0.4, -0.2) is 24.1 Å². The maximum absolute atomic E-state index is 12.6. The van der Waals surface area contributed by atoms with Crippen molar-refractivity contribution in [1.29, 1.82) is 0 Å². The number of ether oxygens (including phenoxy) is 1. The van der Waals surface area contributed by atoms with E-state index in [4.69, 9.17) is 4.74 Å². The molecule has 0 unspecified atom stereocenters. The van der Waals surface area contributed by atoms with Crippen LogP contribution >= 0.6 is 0 Å². The first-order chi connectivity index (χ1) is 10.5. The highest BCUT2D eigenvalue weighted by atomic mass is 16.5. The third kappa shape index (κ3) is 2.45. The Kier molecular flexibility index (Phi) is 3.81. The number of carboxylic acid groups (broad SMARTS) is 1. The molecule has 5 nitrogen and oxygen atoms in total. The van der Waals surface area contributed by atoms with Crippen LogP contribution in [0.25, 0.3) is 0 Å². The SMILES string of the molecule is COc1ccc(NC(=O)[C@@H]2[C@H]3CC[C@@H](C3)[C@@H]2C(=O)O)c(C)c1. The highest BCUT2D eigenvalue weighted by molar-refractivity contribution is 5.96. The number of rotatable bonds is 4. The van der Waals surface area contributed by atoms with Crippen LogP contribution in [0.5, 0.6) is 5.75 Å². The van der Waals surface area contributed by atoms with E-state index in [0.29, 0.717) is 0 Å². The summed E-state index contributed by atoms with van der Waals surface area (Å²) in [5.41, 5.74) is 1.63. The molecule has 1 aromatic rings. The molecule has 2 aliphatic rings. The molecule has 0 aromatic heterocycles. The lowest BCUT2D eigenvalue weighted by Crippen LogP contribution is -2.37. The molecule has 118 valence electrons. The van der Waals surface area contributed by atoms with Crippen LogP contribution in [0.15, 0.2) is 18.2 Å². The highest BCUT2D eigenvalue weighted by Crippen LogP contribution is 2.52. The van der Waals surface area contributed by atoms with Crippen molar-refractivity contribution in [2.24, 2.45) is 23.7 Å². The van der Waals surface area contributed by atoms with Gasteiger partial charge in [0.1, 0.15) is 5.75 Å². The largest absolute Gasteiger partial charge is 0.497 e. The van der Waals surface area contributed by atoms with E-state index in [-0.39, 0.29) is 17.7 Å². The minimum absolute atomic E-state index is 0.159. The van der Waals surface area contributed by atoms with E-state index in [1.807, 2.05) is 13.0 Å². The Morgan fingerprint density at radius 1 is 1.23 bits per heavy atom. The van der Waals surface area contributed by atoms with Crippen LogP contribution in [0.4, 0.5) is 5.69 Å². The molecule has 2 saturated carbocycles. The van der Waals surface area contributed by atoms with E-state index in [1.54, 1.807) is 19.2 Å². The molecule has 2 bridgehead atoms. The van der Waals surface area contributed by atoms with Crippen LogP contribution in [0, 0.1) is 30.6 Å². The Morgan fingerprint density at radius 2 is 1.91 bits per heavy atom. The first-order valence-corrected chi connectivity index (χ1v) is 7.69. The number of hydrogen-bond acceptors (Lipinski definition) is 3. The second-order valence-electron chi connectivity index (χ2n) is 6.39. The molecule has 1 aromatic carbocycles. The topological polar surface area (TPSA) is 75.6 Å². The van der Waals surface area contributed by atoms with Crippen molar-refractivity contribution in [1.82, 2.24) is 0 Å². The highest BCUT2D eigenvalue weighted by Gasteiger charge is 2.53. The number of methoxy groups -OCH3 is 1. The zero-order valence-corrected chi connectivity index (χ0v) is 12.8. The first kappa shape index (κ1) is 14.9. The van der Waals surface area contributed by atoms with Gasteiger partial charge < -0.3 is 15.2 Å². The molecule has 2 aliphatic carbocycles. The molecular weight excluding hydrogens is 282 g/mol. The van der Waals surface area contributed by atoms with Crippen molar-refractivity contribution >= 4 is 17.6 Å². The Bertz CT molecular complexity index is 613. The van der Waals surface area contributed by atoms with Gasteiger partial charge in [-0.2, -0.15) is 0 Å². The Hall–Kier alpha value is -2.04. The zero-order chi connectivity index (χ0) is 15.9. The van der Waals surface area contributed by atoms with E-state index < -0.39 is 17.8 Å². The van der Waals surface area contributed by atoms with Gasteiger partial charge in [0.15, 0.2) is 0 Å². The van der Waals surface area contributed by atoms with Crippen LogP contribution in [-0.2, 0) is 9.59 Å². The lowest BCUT2D eigenvalue weighted by Gasteiger charge is -2.27. The summed E-state index contributed by atoms with van der Waals surface area (Å²) in [6, 6.07) is 5.44. The second kappa shape index (κ2) is 5.63. The minimum Gasteiger partial charge on any atom is -0.497 e. The Morgan fingerprint density at radius 3 is 2.50 bits per heavy atom. The first-order valence-electron chi connectivity index (χ1n) is 7.69. The summed E-state index contributed by atoms with van der Waals surface area (Å²) in [7, 11) is 1.60. The summed E-state index contributed by atoms with van der Waals surface area (Å²) in [5.74, 6) is -0.819.